The standard InChI is InChI=1S/C16H20FNO/c1-11-7-14(5-6-15(11)17)16(19)18-9-12-3-2-4-13(8-12)10-18/h5-7,12-13H,2-4,8-10H2,1H3/t12-,13-/m1/s1. The van der Waals surface area contributed by atoms with Crippen molar-refractivity contribution in [2.75, 3.05) is 13.1 Å². The molecule has 1 amide bonds. The Labute approximate surface area is 113 Å². The maximum Gasteiger partial charge on any atom is 0.253 e. The molecule has 1 aliphatic carbocycles. The molecule has 19 heavy (non-hydrogen) atoms. The van der Waals surface area contributed by atoms with Crippen LogP contribution in [-0.2, 0) is 0 Å². The molecule has 2 bridgehead atoms. The number of fused-ring (bicyclic) bond motifs is 2. The van der Waals surface area contributed by atoms with Gasteiger partial charge in [-0.05, 0) is 61.8 Å². The van der Waals surface area contributed by atoms with Gasteiger partial charge >= 0.3 is 0 Å². The van der Waals surface area contributed by atoms with Gasteiger partial charge in [0.15, 0.2) is 0 Å². The minimum Gasteiger partial charge on any atom is -0.338 e. The molecule has 0 unspecified atom stereocenters. The minimum absolute atomic E-state index is 0.0692. The molecule has 0 spiro atoms. The van der Waals surface area contributed by atoms with Crippen LogP contribution in [0.4, 0.5) is 4.39 Å². The highest BCUT2D eigenvalue weighted by molar-refractivity contribution is 5.94. The highest BCUT2D eigenvalue weighted by atomic mass is 19.1. The Morgan fingerprint density at radius 1 is 1.26 bits per heavy atom. The molecule has 0 radical (unpaired) electrons. The van der Waals surface area contributed by atoms with Crippen molar-refractivity contribution in [1.82, 2.24) is 4.90 Å². The molecule has 2 aliphatic rings. The molecule has 3 rings (SSSR count). The van der Waals surface area contributed by atoms with Gasteiger partial charge in [0.05, 0.1) is 0 Å². The Hall–Kier alpha value is -1.38. The molecule has 2 atom stereocenters. The fourth-order valence-electron chi connectivity index (χ4n) is 3.56. The number of carbonyl (C=O) groups is 1. The van der Waals surface area contributed by atoms with Crippen LogP contribution < -0.4 is 0 Å². The monoisotopic (exact) mass is 261 g/mol. The van der Waals surface area contributed by atoms with Crippen molar-refractivity contribution in [1.29, 1.82) is 0 Å². The Balaban J connectivity index is 1.78. The second kappa shape index (κ2) is 4.95. The van der Waals surface area contributed by atoms with Gasteiger partial charge in [-0.3, -0.25) is 4.79 Å². The van der Waals surface area contributed by atoms with Gasteiger partial charge in [0, 0.05) is 18.7 Å². The summed E-state index contributed by atoms with van der Waals surface area (Å²) in [5, 5.41) is 0. The molecular weight excluding hydrogens is 241 g/mol. The number of aryl methyl sites for hydroxylation is 1. The summed E-state index contributed by atoms with van der Waals surface area (Å²) in [6.07, 6.45) is 5.10. The topological polar surface area (TPSA) is 20.3 Å². The number of halogens is 1. The first-order valence-electron chi connectivity index (χ1n) is 7.19. The third kappa shape index (κ3) is 2.51. The van der Waals surface area contributed by atoms with Gasteiger partial charge < -0.3 is 4.90 Å². The maximum atomic E-state index is 13.3. The summed E-state index contributed by atoms with van der Waals surface area (Å²) < 4.78 is 13.3. The lowest BCUT2D eigenvalue weighted by Crippen LogP contribution is -2.45. The van der Waals surface area contributed by atoms with Crippen molar-refractivity contribution in [3.05, 3.63) is 35.1 Å². The molecule has 1 aromatic carbocycles. The average molecular weight is 261 g/mol. The predicted octanol–water partition coefficient (Wildman–Crippen LogP) is 3.40. The average Bonchev–Trinajstić information content (AvgIpc) is 2.40. The molecule has 3 heteroatoms. The largest absolute Gasteiger partial charge is 0.338 e. The third-order valence-electron chi connectivity index (χ3n) is 4.54. The Kier molecular flexibility index (Phi) is 3.29. The quantitative estimate of drug-likeness (QED) is 0.758. The first-order valence-corrected chi connectivity index (χ1v) is 7.19. The smallest absolute Gasteiger partial charge is 0.253 e. The van der Waals surface area contributed by atoms with Crippen LogP contribution in [0.25, 0.3) is 0 Å². The zero-order valence-electron chi connectivity index (χ0n) is 11.4. The summed E-state index contributed by atoms with van der Waals surface area (Å²) in [4.78, 5) is 14.5. The first kappa shape index (κ1) is 12.6. The van der Waals surface area contributed by atoms with Crippen LogP contribution in [0.5, 0.6) is 0 Å². The molecule has 1 saturated carbocycles. The maximum absolute atomic E-state index is 13.3. The zero-order valence-corrected chi connectivity index (χ0v) is 11.4. The van der Waals surface area contributed by atoms with Crippen LogP contribution in [0.3, 0.4) is 0 Å². The summed E-state index contributed by atoms with van der Waals surface area (Å²) in [5.41, 5.74) is 1.17. The zero-order chi connectivity index (χ0) is 13.4. The van der Waals surface area contributed by atoms with E-state index in [1.54, 1.807) is 19.1 Å². The van der Waals surface area contributed by atoms with Gasteiger partial charge in [-0.1, -0.05) is 6.42 Å². The minimum atomic E-state index is -0.243. The van der Waals surface area contributed by atoms with E-state index < -0.39 is 0 Å². The van der Waals surface area contributed by atoms with E-state index in [-0.39, 0.29) is 11.7 Å². The normalized spacial score (nSPS) is 26.3. The van der Waals surface area contributed by atoms with Crippen molar-refractivity contribution in [3.8, 4) is 0 Å². The number of rotatable bonds is 1. The molecular formula is C16H20FNO. The van der Waals surface area contributed by atoms with E-state index in [1.807, 2.05) is 4.90 Å². The van der Waals surface area contributed by atoms with Gasteiger partial charge in [-0.15, -0.1) is 0 Å². The molecule has 2 nitrogen and oxygen atoms in total. The highest BCUT2D eigenvalue weighted by Gasteiger charge is 2.32. The number of hydrogen-bond acceptors (Lipinski definition) is 1. The van der Waals surface area contributed by atoms with Gasteiger partial charge in [0.2, 0.25) is 0 Å². The van der Waals surface area contributed by atoms with E-state index in [2.05, 4.69) is 0 Å². The van der Waals surface area contributed by atoms with Crippen LogP contribution in [0.15, 0.2) is 18.2 Å². The Bertz CT molecular complexity index is 488. The first-order chi connectivity index (χ1) is 9.13. The summed E-state index contributed by atoms with van der Waals surface area (Å²) in [6, 6.07) is 4.67. The fraction of sp³-hybridized carbons (Fsp3) is 0.562. The molecule has 0 aromatic heterocycles. The van der Waals surface area contributed by atoms with E-state index in [4.69, 9.17) is 0 Å². The molecule has 1 heterocycles. The van der Waals surface area contributed by atoms with Gasteiger partial charge in [0.25, 0.3) is 5.91 Å². The van der Waals surface area contributed by atoms with Gasteiger partial charge in [-0.25, -0.2) is 4.39 Å². The van der Waals surface area contributed by atoms with Crippen LogP contribution >= 0.6 is 0 Å². The SMILES string of the molecule is Cc1cc(C(=O)N2C[C@@H]3CCC[C@H](C3)C2)ccc1F. The van der Waals surface area contributed by atoms with Crippen molar-refractivity contribution in [2.24, 2.45) is 11.8 Å². The number of carbonyl (C=O) groups excluding carboxylic acids is 1. The lowest BCUT2D eigenvalue weighted by molar-refractivity contribution is 0.0504. The van der Waals surface area contributed by atoms with E-state index in [1.165, 1.54) is 31.7 Å². The Morgan fingerprint density at radius 2 is 1.95 bits per heavy atom. The van der Waals surface area contributed by atoms with E-state index in [0.29, 0.717) is 23.0 Å². The predicted molar refractivity (Wildman–Crippen MR) is 72.5 cm³/mol. The van der Waals surface area contributed by atoms with E-state index in [9.17, 15) is 9.18 Å². The number of benzene rings is 1. The van der Waals surface area contributed by atoms with Crippen molar-refractivity contribution < 1.29 is 9.18 Å². The summed E-state index contributed by atoms with van der Waals surface area (Å²) in [7, 11) is 0. The van der Waals surface area contributed by atoms with Crippen LogP contribution in [0, 0.1) is 24.6 Å². The number of hydrogen-bond donors (Lipinski definition) is 0. The summed E-state index contributed by atoms with van der Waals surface area (Å²) in [5.74, 6) is 1.18. The van der Waals surface area contributed by atoms with Gasteiger partial charge in [-0.2, -0.15) is 0 Å². The second-order valence-electron chi connectivity index (χ2n) is 6.07. The molecule has 0 N–H and O–H groups in total. The second-order valence-corrected chi connectivity index (χ2v) is 6.07. The van der Waals surface area contributed by atoms with Crippen LogP contribution in [0.1, 0.15) is 41.6 Å². The molecule has 1 saturated heterocycles. The van der Waals surface area contributed by atoms with Crippen molar-refractivity contribution in [2.45, 2.75) is 32.6 Å². The van der Waals surface area contributed by atoms with Crippen LogP contribution in [-0.4, -0.2) is 23.9 Å². The number of nitrogens with zero attached hydrogens (tertiary/aromatic N) is 1. The molecule has 102 valence electrons. The van der Waals surface area contributed by atoms with E-state index >= 15 is 0 Å². The van der Waals surface area contributed by atoms with Crippen LogP contribution in [0.2, 0.25) is 0 Å². The number of piperidine rings is 1. The molecule has 1 aliphatic heterocycles. The number of likely N-dealkylation sites (tertiary alicyclic amines) is 1. The highest BCUT2D eigenvalue weighted by Crippen LogP contribution is 2.34. The van der Waals surface area contributed by atoms with E-state index in [0.717, 1.165) is 13.1 Å². The lowest BCUT2D eigenvalue weighted by atomic mass is 9.78. The summed E-state index contributed by atoms with van der Waals surface area (Å²) >= 11 is 0. The third-order valence-corrected chi connectivity index (χ3v) is 4.54. The number of amides is 1. The Morgan fingerprint density at radius 3 is 2.58 bits per heavy atom. The lowest BCUT2D eigenvalue weighted by Gasteiger charge is -2.41. The van der Waals surface area contributed by atoms with Gasteiger partial charge in [0.1, 0.15) is 5.82 Å². The fourth-order valence-corrected chi connectivity index (χ4v) is 3.56. The molecule has 2 fully saturated rings. The molecule has 1 aromatic rings. The summed E-state index contributed by atoms with van der Waals surface area (Å²) in [6.45, 7) is 3.47. The van der Waals surface area contributed by atoms with Crippen molar-refractivity contribution >= 4 is 5.91 Å². The van der Waals surface area contributed by atoms with Crippen molar-refractivity contribution in [3.63, 3.8) is 0 Å².